The van der Waals surface area contributed by atoms with E-state index in [0.29, 0.717) is 12.1 Å². The van der Waals surface area contributed by atoms with Gasteiger partial charge in [-0.2, -0.15) is 0 Å². The lowest BCUT2D eigenvalue weighted by Crippen LogP contribution is -2.53. The Kier molecular flexibility index (Phi) is 4.22. The Morgan fingerprint density at radius 3 is 2.75 bits per heavy atom. The van der Waals surface area contributed by atoms with Gasteiger partial charge in [0.05, 0.1) is 6.10 Å². The third-order valence-corrected chi connectivity index (χ3v) is 4.34. The SMILES string of the molecule is COC1CN(C2CCNC(C)C2)CCC1C. The smallest absolute Gasteiger partial charge is 0.0724 e. The van der Waals surface area contributed by atoms with E-state index in [4.69, 9.17) is 4.74 Å². The molecule has 0 spiro atoms. The van der Waals surface area contributed by atoms with Crippen molar-refractivity contribution in [1.82, 2.24) is 10.2 Å². The van der Waals surface area contributed by atoms with Crippen molar-refractivity contribution < 1.29 is 4.74 Å². The maximum Gasteiger partial charge on any atom is 0.0724 e. The number of ether oxygens (including phenoxy) is 1. The fourth-order valence-electron chi connectivity index (χ4n) is 3.13. The first-order valence-corrected chi connectivity index (χ1v) is 6.71. The van der Waals surface area contributed by atoms with Gasteiger partial charge in [-0.15, -0.1) is 0 Å². The summed E-state index contributed by atoms with van der Waals surface area (Å²) < 4.78 is 5.59. The molecule has 0 radical (unpaired) electrons. The molecular formula is C13H26N2O. The van der Waals surface area contributed by atoms with E-state index >= 15 is 0 Å². The van der Waals surface area contributed by atoms with E-state index < -0.39 is 0 Å². The molecule has 2 fully saturated rings. The van der Waals surface area contributed by atoms with Gasteiger partial charge in [0.15, 0.2) is 0 Å². The number of nitrogens with zero attached hydrogens (tertiary/aromatic N) is 1. The van der Waals surface area contributed by atoms with Gasteiger partial charge < -0.3 is 10.1 Å². The molecule has 0 amide bonds. The van der Waals surface area contributed by atoms with Crippen LogP contribution in [-0.2, 0) is 4.74 Å². The minimum Gasteiger partial charge on any atom is -0.380 e. The Morgan fingerprint density at radius 2 is 2.06 bits per heavy atom. The molecule has 2 rings (SSSR count). The van der Waals surface area contributed by atoms with Crippen molar-refractivity contribution in [2.24, 2.45) is 5.92 Å². The van der Waals surface area contributed by atoms with Gasteiger partial charge in [-0.25, -0.2) is 0 Å². The lowest BCUT2D eigenvalue weighted by molar-refractivity contribution is -0.0250. The quantitative estimate of drug-likeness (QED) is 0.772. The molecule has 16 heavy (non-hydrogen) atoms. The van der Waals surface area contributed by atoms with Crippen molar-refractivity contribution in [3.05, 3.63) is 0 Å². The lowest BCUT2D eigenvalue weighted by atomic mass is 9.91. The summed E-state index contributed by atoms with van der Waals surface area (Å²) in [6, 6.07) is 1.46. The number of methoxy groups -OCH3 is 1. The van der Waals surface area contributed by atoms with Crippen LogP contribution in [0.5, 0.6) is 0 Å². The summed E-state index contributed by atoms with van der Waals surface area (Å²) in [6.45, 7) is 8.19. The third kappa shape index (κ3) is 2.76. The number of piperidine rings is 2. The lowest BCUT2D eigenvalue weighted by Gasteiger charge is -2.43. The van der Waals surface area contributed by atoms with E-state index in [1.54, 1.807) is 0 Å². The Hall–Kier alpha value is -0.120. The molecule has 94 valence electrons. The van der Waals surface area contributed by atoms with Crippen molar-refractivity contribution in [3.8, 4) is 0 Å². The maximum absolute atomic E-state index is 5.59. The van der Waals surface area contributed by atoms with Gasteiger partial charge in [0.2, 0.25) is 0 Å². The minimum atomic E-state index is 0.443. The van der Waals surface area contributed by atoms with E-state index in [-0.39, 0.29) is 0 Å². The van der Waals surface area contributed by atoms with Crippen LogP contribution in [0.15, 0.2) is 0 Å². The van der Waals surface area contributed by atoms with Crippen LogP contribution in [0, 0.1) is 5.92 Å². The normalized spacial score (nSPS) is 42.2. The summed E-state index contributed by atoms with van der Waals surface area (Å²) >= 11 is 0. The zero-order chi connectivity index (χ0) is 11.5. The number of rotatable bonds is 2. The molecule has 2 heterocycles. The highest BCUT2D eigenvalue weighted by Gasteiger charge is 2.31. The van der Waals surface area contributed by atoms with Crippen LogP contribution < -0.4 is 5.32 Å². The number of hydrogen-bond acceptors (Lipinski definition) is 3. The standard InChI is InChI=1S/C13H26N2O/c1-10-5-7-15(9-13(10)16-3)12-4-6-14-11(2)8-12/h10-14H,4-9H2,1-3H3. The monoisotopic (exact) mass is 226 g/mol. The first-order chi connectivity index (χ1) is 7.70. The highest BCUT2D eigenvalue weighted by atomic mass is 16.5. The molecule has 0 aliphatic carbocycles. The zero-order valence-corrected chi connectivity index (χ0v) is 10.9. The van der Waals surface area contributed by atoms with Gasteiger partial charge >= 0.3 is 0 Å². The van der Waals surface area contributed by atoms with Crippen molar-refractivity contribution in [2.45, 2.75) is 51.3 Å². The molecule has 0 saturated carbocycles. The molecule has 0 aromatic heterocycles. The molecule has 2 saturated heterocycles. The highest BCUT2D eigenvalue weighted by Crippen LogP contribution is 2.24. The Morgan fingerprint density at radius 1 is 1.25 bits per heavy atom. The predicted octanol–water partition coefficient (Wildman–Crippen LogP) is 1.48. The van der Waals surface area contributed by atoms with Crippen molar-refractivity contribution in [3.63, 3.8) is 0 Å². The summed E-state index contributed by atoms with van der Waals surface area (Å²) in [5.41, 5.74) is 0. The van der Waals surface area contributed by atoms with Crippen LogP contribution in [0.2, 0.25) is 0 Å². The van der Waals surface area contributed by atoms with Crippen LogP contribution in [0.4, 0.5) is 0 Å². The third-order valence-electron chi connectivity index (χ3n) is 4.34. The van der Waals surface area contributed by atoms with Gasteiger partial charge in [-0.3, -0.25) is 4.90 Å². The fourth-order valence-corrected chi connectivity index (χ4v) is 3.13. The first-order valence-electron chi connectivity index (χ1n) is 6.71. The second-order valence-electron chi connectivity index (χ2n) is 5.57. The molecule has 4 unspecified atom stereocenters. The van der Waals surface area contributed by atoms with E-state index in [2.05, 4.69) is 24.1 Å². The molecule has 2 aliphatic heterocycles. The summed E-state index contributed by atoms with van der Waals surface area (Å²) in [5, 5.41) is 3.53. The Balaban J connectivity index is 1.89. The Bertz CT molecular complexity index is 222. The molecule has 3 nitrogen and oxygen atoms in total. The van der Waals surface area contributed by atoms with Crippen LogP contribution in [0.3, 0.4) is 0 Å². The molecule has 4 atom stereocenters. The summed E-state index contributed by atoms with van der Waals surface area (Å²) in [7, 11) is 1.86. The van der Waals surface area contributed by atoms with Gasteiger partial charge in [0.1, 0.15) is 0 Å². The van der Waals surface area contributed by atoms with Crippen molar-refractivity contribution in [1.29, 1.82) is 0 Å². The molecular weight excluding hydrogens is 200 g/mol. The zero-order valence-electron chi connectivity index (χ0n) is 10.9. The van der Waals surface area contributed by atoms with E-state index in [1.807, 2.05) is 7.11 Å². The first kappa shape index (κ1) is 12.3. The average molecular weight is 226 g/mol. The molecule has 3 heteroatoms. The van der Waals surface area contributed by atoms with Crippen LogP contribution in [-0.4, -0.2) is 49.8 Å². The summed E-state index contributed by atoms with van der Waals surface area (Å²) in [5.74, 6) is 0.723. The average Bonchev–Trinajstić information content (AvgIpc) is 2.29. The van der Waals surface area contributed by atoms with Crippen LogP contribution in [0.25, 0.3) is 0 Å². The minimum absolute atomic E-state index is 0.443. The van der Waals surface area contributed by atoms with Gasteiger partial charge in [0.25, 0.3) is 0 Å². The van der Waals surface area contributed by atoms with Crippen LogP contribution >= 0.6 is 0 Å². The van der Waals surface area contributed by atoms with E-state index in [1.165, 1.54) is 32.4 Å². The van der Waals surface area contributed by atoms with Crippen molar-refractivity contribution in [2.75, 3.05) is 26.7 Å². The largest absolute Gasteiger partial charge is 0.380 e. The van der Waals surface area contributed by atoms with Gasteiger partial charge in [-0.05, 0) is 45.2 Å². The van der Waals surface area contributed by atoms with E-state index in [0.717, 1.165) is 18.5 Å². The van der Waals surface area contributed by atoms with Crippen LogP contribution in [0.1, 0.15) is 33.1 Å². The molecule has 1 N–H and O–H groups in total. The fraction of sp³-hybridized carbons (Fsp3) is 1.00. The summed E-state index contributed by atoms with van der Waals surface area (Å²) in [6.07, 6.45) is 4.33. The van der Waals surface area contributed by atoms with Gasteiger partial charge in [-0.1, -0.05) is 6.92 Å². The van der Waals surface area contributed by atoms with Crippen molar-refractivity contribution >= 4 is 0 Å². The molecule has 0 bridgehead atoms. The van der Waals surface area contributed by atoms with Gasteiger partial charge in [0, 0.05) is 25.7 Å². The maximum atomic E-state index is 5.59. The number of nitrogens with one attached hydrogen (secondary N) is 1. The molecule has 0 aromatic rings. The van der Waals surface area contributed by atoms with E-state index in [9.17, 15) is 0 Å². The Labute approximate surface area is 99.5 Å². The second-order valence-corrected chi connectivity index (χ2v) is 5.57. The highest BCUT2D eigenvalue weighted by molar-refractivity contribution is 4.87. The topological polar surface area (TPSA) is 24.5 Å². The predicted molar refractivity (Wildman–Crippen MR) is 66.6 cm³/mol. The summed E-state index contributed by atoms with van der Waals surface area (Å²) in [4.78, 5) is 2.66. The molecule has 2 aliphatic rings. The second kappa shape index (κ2) is 5.48. The molecule has 0 aromatic carbocycles. The number of hydrogen-bond donors (Lipinski definition) is 1. The number of likely N-dealkylation sites (tertiary alicyclic amines) is 1.